The molecule has 4 aliphatic rings. The normalized spacial score (nSPS) is 53.8. The number of fused-ring (bicyclic) bond motifs is 4. The van der Waals surface area contributed by atoms with Gasteiger partial charge in [0, 0.05) is 5.41 Å². The fraction of sp³-hybridized carbons (Fsp3) is 0.810. The van der Waals surface area contributed by atoms with Crippen molar-refractivity contribution < 1.29 is 15.3 Å². The molecule has 2 fully saturated rings. The van der Waals surface area contributed by atoms with Crippen LogP contribution in [0.3, 0.4) is 0 Å². The maximum Gasteiger partial charge on any atom is 0.130 e. The predicted octanol–water partition coefficient (Wildman–Crippen LogP) is 2.79. The summed E-state index contributed by atoms with van der Waals surface area (Å²) in [5.74, 6) is 3.54. The third kappa shape index (κ3) is 2.03. The Labute approximate surface area is 145 Å². The fourth-order valence-electron chi connectivity index (χ4n) is 6.85. The van der Waals surface area contributed by atoms with Crippen LogP contribution in [-0.4, -0.2) is 32.6 Å². The molecular formula is C21H30O3. The molecule has 0 aliphatic heterocycles. The molecule has 2 saturated carbocycles. The van der Waals surface area contributed by atoms with Crippen LogP contribution < -0.4 is 0 Å². The number of aliphatic hydroxyl groups excluding tert-OH is 1. The molecular weight excluding hydrogens is 300 g/mol. The van der Waals surface area contributed by atoms with E-state index in [-0.39, 0.29) is 23.4 Å². The van der Waals surface area contributed by atoms with E-state index in [1.165, 1.54) is 11.1 Å². The van der Waals surface area contributed by atoms with Crippen molar-refractivity contribution >= 4 is 0 Å². The summed E-state index contributed by atoms with van der Waals surface area (Å²) in [6, 6.07) is 0. The van der Waals surface area contributed by atoms with Gasteiger partial charge in [-0.3, -0.25) is 0 Å². The van der Waals surface area contributed by atoms with Crippen LogP contribution in [0.2, 0.25) is 0 Å². The second kappa shape index (κ2) is 5.10. The van der Waals surface area contributed by atoms with E-state index in [1.54, 1.807) is 0 Å². The van der Waals surface area contributed by atoms with E-state index in [0.717, 1.165) is 38.5 Å². The van der Waals surface area contributed by atoms with Gasteiger partial charge in [0.25, 0.3) is 0 Å². The molecule has 3 N–H and O–H groups in total. The van der Waals surface area contributed by atoms with Crippen LogP contribution >= 0.6 is 0 Å². The number of allylic oxidation sites excluding steroid dienone is 1. The van der Waals surface area contributed by atoms with E-state index in [2.05, 4.69) is 12.8 Å². The minimum Gasteiger partial charge on any atom is -0.393 e. The van der Waals surface area contributed by atoms with Crippen molar-refractivity contribution in [2.45, 2.75) is 82.5 Å². The lowest BCUT2D eigenvalue weighted by Crippen LogP contribution is -2.57. The highest BCUT2D eigenvalue weighted by Gasteiger charge is 2.64. The molecule has 7 atom stereocenters. The lowest BCUT2D eigenvalue weighted by atomic mass is 9.49. The summed E-state index contributed by atoms with van der Waals surface area (Å²) in [4.78, 5) is 0. The smallest absolute Gasteiger partial charge is 0.130 e. The third-order valence-corrected chi connectivity index (χ3v) is 8.08. The van der Waals surface area contributed by atoms with Gasteiger partial charge in [-0.2, -0.15) is 0 Å². The molecule has 3 heteroatoms. The number of hydrogen-bond acceptors (Lipinski definition) is 3. The average Bonchev–Trinajstić information content (AvgIpc) is 2.78. The largest absolute Gasteiger partial charge is 0.393 e. The summed E-state index contributed by atoms with van der Waals surface area (Å²) in [5.41, 5.74) is 0.714. The molecule has 0 saturated heterocycles. The zero-order chi connectivity index (χ0) is 17.3. The van der Waals surface area contributed by atoms with Crippen LogP contribution in [0.5, 0.6) is 0 Å². The van der Waals surface area contributed by atoms with Crippen molar-refractivity contribution in [1.29, 1.82) is 0 Å². The van der Waals surface area contributed by atoms with Crippen molar-refractivity contribution in [3.63, 3.8) is 0 Å². The Morgan fingerprint density at radius 3 is 2.58 bits per heavy atom. The molecule has 0 spiro atoms. The molecule has 4 aliphatic carbocycles. The molecule has 0 amide bonds. The molecule has 0 unspecified atom stereocenters. The minimum absolute atomic E-state index is 0.174. The van der Waals surface area contributed by atoms with Crippen LogP contribution in [0.25, 0.3) is 0 Å². The van der Waals surface area contributed by atoms with Crippen LogP contribution in [0.1, 0.15) is 65.2 Å². The van der Waals surface area contributed by atoms with Crippen molar-refractivity contribution in [1.82, 2.24) is 0 Å². The molecule has 24 heavy (non-hydrogen) atoms. The number of rotatable bonds is 0. The first kappa shape index (κ1) is 16.6. The van der Waals surface area contributed by atoms with Gasteiger partial charge < -0.3 is 15.3 Å². The summed E-state index contributed by atoms with van der Waals surface area (Å²) in [6.45, 7) is 4.11. The highest BCUT2D eigenvalue weighted by atomic mass is 16.3. The topological polar surface area (TPSA) is 60.7 Å². The third-order valence-electron chi connectivity index (χ3n) is 8.08. The van der Waals surface area contributed by atoms with Crippen LogP contribution in [-0.2, 0) is 0 Å². The number of hydrogen-bond donors (Lipinski definition) is 3. The van der Waals surface area contributed by atoms with Gasteiger partial charge in [-0.15, -0.1) is 6.42 Å². The van der Waals surface area contributed by atoms with E-state index in [1.807, 2.05) is 6.92 Å². The highest BCUT2D eigenvalue weighted by molar-refractivity contribution is 5.33. The lowest BCUT2D eigenvalue weighted by molar-refractivity contribution is -0.134. The van der Waals surface area contributed by atoms with Gasteiger partial charge in [0.1, 0.15) is 5.60 Å². The molecule has 0 bridgehead atoms. The van der Waals surface area contributed by atoms with Gasteiger partial charge in [-0.1, -0.05) is 24.0 Å². The predicted molar refractivity (Wildman–Crippen MR) is 93.0 cm³/mol. The van der Waals surface area contributed by atoms with Gasteiger partial charge in [-0.25, -0.2) is 0 Å². The van der Waals surface area contributed by atoms with Crippen LogP contribution in [0.4, 0.5) is 0 Å². The minimum atomic E-state index is -1.03. The maximum atomic E-state index is 11.4. The van der Waals surface area contributed by atoms with E-state index in [9.17, 15) is 15.3 Å². The Morgan fingerprint density at radius 2 is 1.88 bits per heavy atom. The quantitative estimate of drug-likeness (QED) is 0.473. The first-order chi connectivity index (χ1) is 11.2. The van der Waals surface area contributed by atoms with Crippen molar-refractivity contribution in [2.75, 3.05) is 0 Å². The molecule has 4 rings (SSSR count). The Bertz CT molecular complexity index is 627. The van der Waals surface area contributed by atoms with Gasteiger partial charge in [0.15, 0.2) is 0 Å². The summed E-state index contributed by atoms with van der Waals surface area (Å²) >= 11 is 0. The summed E-state index contributed by atoms with van der Waals surface area (Å²) in [7, 11) is 0. The second-order valence-electron chi connectivity index (χ2n) is 9.30. The fourth-order valence-corrected chi connectivity index (χ4v) is 6.85. The van der Waals surface area contributed by atoms with E-state index in [4.69, 9.17) is 6.42 Å². The van der Waals surface area contributed by atoms with Gasteiger partial charge in [0.2, 0.25) is 0 Å². The number of terminal acetylenes is 1. The second-order valence-corrected chi connectivity index (χ2v) is 9.30. The Kier molecular flexibility index (Phi) is 3.53. The van der Waals surface area contributed by atoms with Crippen LogP contribution in [0.15, 0.2) is 11.1 Å². The van der Waals surface area contributed by atoms with Crippen molar-refractivity contribution in [3.8, 4) is 12.3 Å². The molecule has 0 heterocycles. The van der Waals surface area contributed by atoms with Crippen LogP contribution in [0, 0.1) is 35.5 Å². The lowest BCUT2D eigenvalue weighted by Gasteiger charge is -2.57. The zero-order valence-electron chi connectivity index (χ0n) is 14.9. The first-order valence-electron chi connectivity index (χ1n) is 9.53. The molecule has 0 aromatic heterocycles. The molecule has 0 aromatic carbocycles. The highest BCUT2D eigenvalue weighted by Crippen LogP contribution is 2.65. The summed E-state index contributed by atoms with van der Waals surface area (Å²) < 4.78 is 0. The summed E-state index contributed by atoms with van der Waals surface area (Å²) in [5, 5.41) is 32.4. The average molecular weight is 330 g/mol. The van der Waals surface area contributed by atoms with Crippen molar-refractivity contribution in [3.05, 3.63) is 11.1 Å². The molecule has 132 valence electrons. The monoisotopic (exact) mass is 330 g/mol. The zero-order valence-corrected chi connectivity index (χ0v) is 14.9. The van der Waals surface area contributed by atoms with Gasteiger partial charge in [-0.05, 0) is 76.0 Å². The molecule has 0 radical (unpaired) electrons. The summed E-state index contributed by atoms with van der Waals surface area (Å²) in [6.07, 6.45) is 12.2. The van der Waals surface area contributed by atoms with Gasteiger partial charge in [0.05, 0.1) is 11.7 Å². The SMILES string of the molecule is C#C[C@]1(O)CC[C@H]2[C@H]3[C@H](CC[C@@]21C)C1=C(C[C@H](O)CC1)C[C@]3(C)O. The Hall–Kier alpha value is -0.820. The maximum absolute atomic E-state index is 11.4. The van der Waals surface area contributed by atoms with E-state index in [0.29, 0.717) is 18.8 Å². The molecule has 0 aromatic rings. The van der Waals surface area contributed by atoms with Crippen molar-refractivity contribution in [2.24, 2.45) is 23.2 Å². The first-order valence-corrected chi connectivity index (χ1v) is 9.53. The Morgan fingerprint density at radius 1 is 1.12 bits per heavy atom. The number of aliphatic hydroxyl groups is 3. The Balaban J connectivity index is 1.76. The standard InChI is InChI=1S/C21H30O3/c1-4-21(24)10-8-17-18-16(7-9-19(17,21)2)15-6-5-14(22)11-13(15)12-20(18,3)23/h1,14,16-18,22-24H,5-12H2,2-3H3/t14-,16-,17+,18-,19+,20+,21+/m1/s1. The van der Waals surface area contributed by atoms with E-state index >= 15 is 0 Å². The van der Waals surface area contributed by atoms with E-state index < -0.39 is 11.2 Å². The van der Waals surface area contributed by atoms with Gasteiger partial charge >= 0.3 is 0 Å². The molecule has 3 nitrogen and oxygen atoms in total.